The maximum atomic E-state index is 5.45. The SMILES string of the molecule is CCCC(C)(CNCC)CN(C)Cc1ccccc1OC. The molecule has 0 amide bonds. The van der Waals surface area contributed by atoms with Crippen LogP contribution in [0.1, 0.15) is 39.2 Å². The van der Waals surface area contributed by atoms with Crippen LogP contribution in [0.15, 0.2) is 24.3 Å². The van der Waals surface area contributed by atoms with E-state index in [-0.39, 0.29) is 0 Å². The van der Waals surface area contributed by atoms with E-state index >= 15 is 0 Å². The zero-order valence-electron chi connectivity index (χ0n) is 14.4. The monoisotopic (exact) mass is 292 g/mol. The Morgan fingerprint density at radius 1 is 1.24 bits per heavy atom. The van der Waals surface area contributed by atoms with Crippen molar-refractivity contribution in [1.29, 1.82) is 0 Å². The lowest BCUT2D eigenvalue weighted by Crippen LogP contribution is -2.40. The van der Waals surface area contributed by atoms with Crippen molar-refractivity contribution in [2.75, 3.05) is 33.8 Å². The molecule has 3 heteroatoms. The molecule has 3 nitrogen and oxygen atoms in total. The van der Waals surface area contributed by atoms with E-state index < -0.39 is 0 Å². The molecule has 0 bridgehead atoms. The molecule has 1 unspecified atom stereocenters. The lowest BCUT2D eigenvalue weighted by atomic mass is 9.84. The Labute approximate surface area is 130 Å². The zero-order chi connectivity index (χ0) is 15.7. The van der Waals surface area contributed by atoms with Crippen molar-refractivity contribution in [2.24, 2.45) is 5.41 Å². The number of ether oxygens (including phenoxy) is 1. The first kappa shape index (κ1) is 18.0. The number of methoxy groups -OCH3 is 1. The van der Waals surface area contributed by atoms with Gasteiger partial charge in [0, 0.05) is 25.2 Å². The molecule has 0 aromatic heterocycles. The second-order valence-corrected chi connectivity index (χ2v) is 6.33. The van der Waals surface area contributed by atoms with Crippen LogP contribution in [0, 0.1) is 5.41 Å². The van der Waals surface area contributed by atoms with Gasteiger partial charge in [0.25, 0.3) is 0 Å². The third kappa shape index (κ3) is 6.06. The van der Waals surface area contributed by atoms with Gasteiger partial charge >= 0.3 is 0 Å². The Kier molecular flexibility index (Phi) is 7.76. The van der Waals surface area contributed by atoms with Gasteiger partial charge in [-0.05, 0) is 31.5 Å². The highest BCUT2D eigenvalue weighted by atomic mass is 16.5. The molecule has 0 aliphatic heterocycles. The molecule has 0 saturated carbocycles. The van der Waals surface area contributed by atoms with E-state index in [2.05, 4.69) is 50.2 Å². The number of hydrogen-bond donors (Lipinski definition) is 1. The fourth-order valence-corrected chi connectivity index (χ4v) is 3.09. The van der Waals surface area contributed by atoms with Gasteiger partial charge in [-0.25, -0.2) is 0 Å². The summed E-state index contributed by atoms with van der Waals surface area (Å²) in [4.78, 5) is 2.41. The summed E-state index contributed by atoms with van der Waals surface area (Å²) in [5, 5.41) is 3.51. The standard InChI is InChI=1S/C18H32N2O/c1-6-12-18(3,14-19-7-2)15-20(4)13-16-10-8-9-11-17(16)21-5/h8-11,19H,6-7,12-15H2,1-5H3. The van der Waals surface area contributed by atoms with Gasteiger partial charge in [-0.3, -0.25) is 0 Å². The summed E-state index contributed by atoms with van der Waals surface area (Å²) in [7, 11) is 3.94. The van der Waals surface area contributed by atoms with Crippen molar-refractivity contribution in [3.05, 3.63) is 29.8 Å². The normalized spacial score (nSPS) is 14.2. The Bertz CT molecular complexity index is 408. The molecule has 0 saturated heterocycles. The van der Waals surface area contributed by atoms with E-state index in [1.165, 1.54) is 18.4 Å². The van der Waals surface area contributed by atoms with E-state index in [1.54, 1.807) is 7.11 Å². The van der Waals surface area contributed by atoms with Gasteiger partial charge in [0.2, 0.25) is 0 Å². The third-order valence-electron chi connectivity index (χ3n) is 3.94. The number of nitrogens with one attached hydrogen (secondary N) is 1. The maximum Gasteiger partial charge on any atom is 0.123 e. The molecule has 0 aliphatic carbocycles. The summed E-state index contributed by atoms with van der Waals surface area (Å²) in [6.07, 6.45) is 2.47. The zero-order valence-corrected chi connectivity index (χ0v) is 14.4. The summed E-state index contributed by atoms with van der Waals surface area (Å²) < 4.78 is 5.45. The first-order valence-electron chi connectivity index (χ1n) is 8.05. The molecule has 0 radical (unpaired) electrons. The molecule has 21 heavy (non-hydrogen) atoms. The number of hydrogen-bond acceptors (Lipinski definition) is 3. The first-order chi connectivity index (χ1) is 10.0. The lowest BCUT2D eigenvalue weighted by molar-refractivity contribution is 0.168. The van der Waals surface area contributed by atoms with Crippen molar-refractivity contribution in [3.8, 4) is 5.75 Å². The topological polar surface area (TPSA) is 24.5 Å². The van der Waals surface area contributed by atoms with E-state index in [4.69, 9.17) is 4.74 Å². The second-order valence-electron chi connectivity index (χ2n) is 6.33. The van der Waals surface area contributed by atoms with Crippen molar-refractivity contribution >= 4 is 0 Å². The summed E-state index contributed by atoms with van der Waals surface area (Å²) in [6.45, 7) is 11.0. The van der Waals surface area contributed by atoms with Gasteiger partial charge in [0.1, 0.15) is 5.75 Å². The van der Waals surface area contributed by atoms with Crippen LogP contribution in [0.5, 0.6) is 5.75 Å². The quantitative estimate of drug-likeness (QED) is 0.714. The number of benzene rings is 1. The van der Waals surface area contributed by atoms with Crippen LogP contribution < -0.4 is 10.1 Å². The largest absolute Gasteiger partial charge is 0.496 e. The maximum absolute atomic E-state index is 5.45. The Morgan fingerprint density at radius 3 is 2.57 bits per heavy atom. The molecular weight excluding hydrogens is 260 g/mol. The highest BCUT2D eigenvalue weighted by Crippen LogP contribution is 2.25. The molecule has 1 rings (SSSR count). The molecule has 1 atom stereocenters. The minimum Gasteiger partial charge on any atom is -0.496 e. The number of nitrogens with zero attached hydrogens (tertiary/aromatic N) is 1. The van der Waals surface area contributed by atoms with Crippen molar-refractivity contribution in [1.82, 2.24) is 10.2 Å². The molecular formula is C18H32N2O. The van der Waals surface area contributed by atoms with Crippen LogP contribution in [0.4, 0.5) is 0 Å². The summed E-state index contributed by atoms with van der Waals surface area (Å²) >= 11 is 0. The Balaban J connectivity index is 2.66. The molecule has 0 spiro atoms. The van der Waals surface area contributed by atoms with E-state index in [9.17, 15) is 0 Å². The minimum atomic E-state index is 0.321. The molecule has 0 heterocycles. The summed E-state index contributed by atoms with van der Waals surface area (Å²) in [5.41, 5.74) is 1.58. The van der Waals surface area contributed by atoms with Crippen LogP contribution >= 0.6 is 0 Å². The van der Waals surface area contributed by atoms with Crippen molar-refractivity contribution < 1.29 is 4.74 Å². The van der Waals surface area contributed by atoms with E-state index in [0.29, 0.717) is 5.41 Å². The Morgan fingerprint density at radius 2 is 1.95 bits per heavy atom. The highest BCUT2D eigenvalue weighted by molar-refractivity contribution is 5.33. The highest BCUT2D eigenvalue weighted by Gasteiger charge is 2.24. The third-order valence-corrected chi connectivity index (χ3v) is 3.94. The van der Waals surface area contributed by atoms with Crippen LogP contribution in [0.3, 0.4) is 0 Å². The van der Waals surface area contributed by atoms with E-state index in [1.807, 2.05) is 12.1 Å². The van der Waals surface area contributed by atoms with Gasteiger partial charge < -0.3 is 15.0 Å². The molecule has 1 N–H and O–H groups in total. The number of rotatable bonds is 10. The molecule has 0 fully saturated rings. The summed E-state index contributed by atoms with van der Waals surface area (Å²) in [5.74, 6) is 0.980. The molecule has 1 aromatic rings. The minimum absolute atomic E-state index is 0.321. The lowest BCUT2D eigenvalue weighted by Gasteiger charge is -2.34. The van der Waals surface area contributed by atoms with Gasteiger partial charge in [0.15, 0.2) is 0 Å². The first-order valence-corrected chi connectivity index (χ1v) is 8.05. The predicted octanol–water partition coefficient (Wildman–Crippen LogP) is 3.54. The fraction of sp³-hybridized carbons (Fsp3) is 0.667. The van der Waals surface area contributed by atoms with Crippen LogP contribution in [0.25, 0.3) is 0 Å². The fourth-order valence-electron chi connectivity index (χ4n) is 3.09. The van der Waals surface area contributed by atoms with E-state index in [0.717, 1.165) is 31.9 Å². The van der Waals surface area contributed by atoms with Gasteiger partial charge in [0.05, 0.1) is 7.11 Å². The second kappa shape index (κ2) is 9.06. The van der Waals surface area contributed by atoms with Crippen LogP contribution in [-0.2, 0) is 6.54 Å². The van der Waals surface area contributed by atoms with Gasteiger partial charge in [-0.2, -0.15) is 0 Å². The van der Waals surface area contributed by atoms with Crippen molar-refractivity contribution in [2.45, 2.75) is 40.2 Å². The average molecular weight is 292 g/mol. The molecule has 120 valence electrons. The van der Waals surface area contributed by atoms with Crippen molar-refractivity contribution in [3.63, 3.8) is 0 Å². The Hall–Kier alpha value is -1.06. The molecule has 1 aromatic carbocycles. The molecule has 0 aliphatic rings. The van der Waals surface area contributed by atoms with Crippen LogP contribution in [-0.4, -0.2) is 38.7 Å². The van der Waals surface area contributed by atoms with Gasteiger partial charge in [-0.15, -0.1) is 0 Å². The number of para-hydroxylation sites is 1. The smallest absolute Gasteiger partial charge is 0.123 e. The average Bonchev–Trinajstić information content (AvgIpc) is 2.46. The predicted molar refractivity (Wildman–Crippen MR) is 90.9 cm³/mol. The van der Waals surface area contributed by atoms with Gasteiger partial charge in [-0.1, -0.05) is 45.4 Å². The van der Waals surface area contributed by atoms with Crippen LogP contribution in [0.2, 0.25) is 0 Å². The summed E-state index contributed by atoms with van der Waals surface area (Å²) in [6, 6.07) is 8.29.